The summed E-state index contributed by atoms with van der Waals surface area (Å²) in [6.07, 6.45) is 6.54. The Balaban J connectivity index is 1.44. The van der Waals surface area contributed by atoms with Crippen molar-refractivity contribution in [1.29, 1.82) is 0 Å². The number of ether oxygens (including phenoxy) is 1. The van der Waals surface area contributed by atoms with Gasteiger partial charge in [0.05, 0.1) is 18.7 Å². The fraction of sp³-hybridized carbons (Fsp3) is 0.312. The molecule has 0 N–H and O–H groups in total. The zero-order valence-corrected chi connectivity index (χ0v) is 21.9. The Kier molecular flexibility index (Phi) is 7.40. The minimum Gasteiger partial charge on any atom is -0.489 e. The average Bonchev–Trinajstić information content (AvgIpc) is 3.35. The summed E-state index contributed by atoms with van der Waals surface area (Å²) in [6.45, 7) is 5.38. The second kappa shape index (κ2) is 11.0. The van der Waals surface area contributed by atoms with Crippen LogP contribution in [0.25, 0.3) is 0 Å². The van der Waals surface area contributed by atoms with Gasteiger partial charge in [0.25, 0.3) is 0 Å². The van der Waals surface area contributed by atoms with E-state index in [4.69, 9.17) is 4.74 Å². The molecule has 0 fully saturated rings. The molecular weight excluding hydrogens is 458 g/mol. The predicted molar refractivity (Wildman–Crippen MR) is 148 cm³/mol. The molecule has 5 heteroatoms. The molecule has 1 aliphatic carbocycles. The second-order valence-corrected chi connectivity index (χ2v) is 10.2. The lowest BCUT2D eigenvalue weighted by molar-refractivity contribution is -0.120. The standard InChI is InChI=1S/C32H35N3O2/c1-23(2)26-15-17-27(18-16-26)35(21-25-19-33-34(3)20-25)32(36)30-13-7-12-29-28(30)11-8-14-31(29)37-22-24-9-5-4-6-10-24/h4-6,8-11,14-20,23,30H,7,12-13,21-22H2,1-3H3. The fourth-order valence-electron chi connectivity index (χ4n) is 5.20. The molecule has 1 aromatic heterocycles. The van der Waals surface area contributed by atoms with E-state index in [1.165, 1.54) is 11.1 Å². The Labute approximate surface area is 219 Å². The summed E-state index contributed by atoms with van der Waals surface area (Å²) >= 11 is 0. The lowest BCUT2D eigenvalue weighted by atomic mass is 9.81. The monoisotopic (exact) mass is 493 g/mol. The highest BCUT2D eigenvalue weighted by molar-refractivity contribution is 5.98. The Hall–Kier alpha value is -3.86. The van der Waals surface area contributed by atoms with Gasteiger partial charge in [0.15, 0.2) is 0 Å². The van der Waals surface area contributed by atoms with Crippen LogP contribution >= 0.6 is 0 Å². The van der Waals surface area contributed by atoms with E-state index in [-0.39, 0.29) is 11.8 Å². The third-order valence-electron chi connectivity index (χ3n) is 7.24. The van der Waals surface area contributed by atoms with Crippen LogP contribution < -0.4 is 9.64 Å². The normalized spacial score (nSPS) is 14.9. The van der Waals surface area contributed by atoms with Crippen LogP contribution in [0.15, 0.2) is 85.2 Å². The van der Waals surface area contributed by atoms with Crippen LogP contribution in [0.2, 0.25) is 0 Å². The number of carbonyl (C=O) groups excluding carboxylic acids is 1. The highest BCUT2D eigenvalue weighted by Gasteiger charge is 2.32. The van der Waals surface area contributed by atoms with Crippen molar-refractivity contribution in [3.63, 3.8) is 0 Å². The number of rotatable bonds is 8. The zero-order valence-electron chi connectivity index (χ0n) is 21.9. The number of amides is 1. The number of hydrogen-bond donors (Lipinski definition) is 0. The van der Waals surface area contributed by atoms with E-state index >= 15 is 0 Å². The number of aromatic nitrogens is 2. The van der Waals surface area contributed by atoms with Crippen molar-refractivity contribution in [2.24, 2.45) is 7.05 Å². The zero-order chi connectivity index (χ0) is 25.8. The summed E-state index contributed by atoms with van der Waals surface area (Å²) in [4.78, 5) is 16.2. The molecule has 5 rings (SSSR count). The summed E-state index contributed by atoms with van der Waals surface area (Å²) in [5.74, 6) is 1.25. The van der Waals surface area contributed by atoms with E-state index in [0.29, 0.717) is 19.1 Å². The molecule has 0 radical (unpaired) electrons. The number of benzene rings is 3. The third-order valence-corrected chi connectivity index (χ3v) is 7.24. The van der Waals surface area contributed by atoms with Gasteiger partial charge in [-0.15, -0.1) is 0 Å². The largest absolute Gasteiger partial charge is 0.489 e. The summed E-state index contributed by atoms with van der Waals surface area (Å²) in [6, 6.07) is 24.8. The summed E-state index contributed by atoms with van der Waals surface area (Å²) in [7, 11) is 1.90. The van der Waals surface area contributed by atoms with Crippen LogP contribution in [0, 0.1) is 0 Å². The number of carbonyl (C=O) groups is 1. The van der Waals surface area contributed by atoms with Crippen LogP contribution in [0.3, 0.4) is 0 Å². The smallest absolute Gasteiger partial charge is 0.234 e. The molecule has 3 aromatic carbocycles. The van der Waals surface area contributed by atoms with Gasteiger partial charge in [0.1, 0.15) is 12.4 Å². The van der Waals surface area contributed by atoms with Crippen molar-refractivity contribution in [1.82, 2.24) is 9.78 Å². The third kappa shape index (κ3) is 5.61. The van der Waals surface area contributed by atoms with Crippen molar-refractivity contribution < 1.29 is 9.53 Å². The van der Waals surface area contributed by atoms with Crippen LogP contribution in [0.4, 0.5) is 5.69 Å². The topological polar surface area (TPSA) is 47.4 Å². The van der Waals surface area contributed by atoms with Crippen molar-refractivity contribution in [2.75, 3.05) is 4.90 Å². The van der Waals surface area contributed by atoms with E-state index in [1.54, 1.807) is 4.68 Å². The molecule has 1 amide bonds. The SMILES string of the molecule is CC(C)c1ccc(N(Cc2cnn(C)c2)C(=O)C2CCCc3c(OCc4ccccc4)cccc32)cc1. The van der Waals surface area contributed by atoms with Gasteiger partial charge in [0, 0.05) is 24.5 Å². The molecule has 0 saturated heterocycles. The van der Waals surface area contributed by atoms with Gasteiger partial charge in [-0.1, -0.05) is 68.4 Å². The first-order valence-electron chi connectivity index (χ1n) is 13.2. The number of fused-ring (bicyclic) bond motifs is 1. The molecule has 0 aliphatic heterocycles. The van der Waals surface area contributed by atoms with Crippen LogP contribution in [0.1, 0.15) is 66.3 Å². The van der Waals surface area contributed by atoms with Crippen LogP contribution in [0.5, 0.6) is 5.75 Å². The molecule has 5 nitrogen and oxygen atoms in total. The van der Waals surface area contributed by atoms with Gasteiger partial charge < -0.3 is 9.64 Å². The summed E-state index contributed by atoms with van der Waals surface area (Å²) in [5.41, 5.74) is 6.59. The maximum absolute atomic E-state index is 14.2. The lowest BCUT2D eigenvalue weighted by Crippen LogP contribution is -2.36. The van der Waals surface area contributed by atoms with E-state index in [9.17, 15) is 4.79 Å². The average molecular weight is 494 g/mol. The van der Waals surface area contributed by atoms with Crippen molar-refractivity contribution >= 4 is 11.6 Å². The van der Waals surface area contributed by atoms with Gasteiger partial charge in [-0.25, -0.2) is 0 Å². The van der Waals surface area contributed by atoms with E-state index in [1.807, 2.05) is 54.7 Å². The molecule has 1 heterocycles. The molecule has 37 heavy (non-hydrogen) atoms. The van der Waals surface area contributed by atoms with Gasteiger partial charge in [-0.05, 0) is 65.6 Å². The number of anilines is 1. The molecule has 0 saturated carbocycles. The Morgan fingerprint density at radius 3 is 2.51 bits per heavy atom. The molecule has 190 valence electrons. The summed E-state index contributed by atoms with van der Waals surface area (Å²) < 4.78 is 8.05. The predicted octanol–water partition coefficient (Wildman–Crippen LogP) is 6.78. The Morgan fingerprint density at radius 2 is 1.81 bits per heavy atom. The molecule has 0 spiro atoms. The first kappa shape index (κ1) is 24.8. The highest BCUT2D eigenvalue weighted by atomic mass is 16.5. The van der Waals surface area contributed by atoms with Crippen molar-refractivity contribution in [3.8, 4) is 5.75 Å². The second-order valence-electron chi connectivity index (χ2n) is 10.2. The maximum atomic E-state index is 14.2. The highest BCUT2D eigenvalue weighted by Crippen LogP contribution is 2.39. The summed E-state index contributed by atoms with van der Waals surface area (Å²) in [5, 5.41) is 4.33. The maximum Gasteiger partial charge on any atom is 0.234 e. The van der Waals surface area contributed by atoms with Crippen molar-refractivity contribution in [2.45, 2.75) is 58.1 Å². The minimum atomic E-state index is -0.203. The quantitative estimate of drug-likeness (QED) is 0.272. The van der Waals surface area contributed by atoms with Gasteiger partial charge >= 0.3 is 0 Å². The first-order chi connectivity index (χ1) is 18.0. The molecular formula is C32H35N3O2. The van der Waals surface area contributed by atoms with Crippen LogP contribution in [-0.2, 0) is 31.4 Å². The number of aryl methyl sites for hydroxylation is 1. The number of nitrogens with zero attached hydrogens (tertiary/aromatic N) is 3. The Morgan fingerprint density at radius 1 is 1.03 bits per heavy atom. The fourth-order valence-corrected chi connectivity index (χ4v) is 5.20. The van der Waals surface area contributed by atoms with E-state index in [0.717, 1.165) is 47.4 Å². The van der Waals surface area contributed by atoms with Gasteiger partial charge in [0.2, 0.25) is 5.91 Å². The Bertz CT molecular complexity index is 1340. The first-order valence-corrected chi connectivity index (χ1v) is 13.2. The minimum absolute atomic E-state index is 0.127. The molecule has 0 bridgehead atoms. The van der Waals surface area contributed by atoms with Gasteiger partial charge in [-0.2, -0.15) is 5.10 Å². The van der Waals surface area contributed by atoms with E-state index in [2.05, 4.69) is 61.4 Å². The van der Waals surface area contributed by atoms with Gasteiger partial charge in [-0.3, -0.25) is 9.48 Å². The van der Waals surface area contributed by atoms with E-state index < -0.39 is 0 Å². The lowest BCUT2D eigenvalue weighted by Gasteiger charge is -2.32. The molecule has 4 aromatic rings. The van der Waals surface area contributed by atoms with Crippen LogP contribution in [-0.4, -0.2) is 15.7 Å². The number of hydrogen-bond acceptors (Lipinski definition) is 3. The van der Waals surface area contributed by atoms with Crippen molar-refractivity contribution in [3.05, 3.63) is 113 Å². The molecule has 1 aliphatic rings. The molecule has 1 atom stereocenters. The molecule has 1 unspecified atom stereocenters.